The molecule has 9 nitrogen and oxygen atoms in total. The summed E-state index contributed by atoms with van der Waals surface area (Å²) in [7, 11) is 1.63. The number of likely N-dealkylation sites (tertiary alicyclic amines) is 1. The van der Waals surface area contributed by atoms with E-state index in [9.17, 15) is 9.59 Å². The minimum absolute atomic E-state index is 0.142. The lowest BCUT2D eigenvalue weighted by atomic mass is 9.96. The lowest BCUT2D eigenvalue weighted by Crippen LogP contribution is -2.41. The van der Waals surface area contributed by atoms with Gasteiger partial charge in [-0.3, -0.25) is 9.59 Å². The Hall–Kier alpha value is -2.94. The van der Waals surface area contributed by atoms with Gasteiger partial charge in [0, 0.05) is 13.1 Å². The van der Waals surface area contributed by atoms with Crippen LogP contribution in [0.15, 0.2) is 24.3 Å². The predicted molar refractivity (Wildman–Crippen MR) is 106 cm³/mol. The van der Waals surface area contributed by atoms with Gasteiger partial charge in [-0.15, -0.1) is 5.10 Å². The van der Waals surface area contributed by atoms with Crippen LogP contribution in [-0.2, 0) is 27.4 Å². The molecule has 0 spiro atoms. The molecule has 3 heterocycles. The van der Waals surface area contributed by atoms with Crippen LogP contribution in [0.4, 0.5) is 0 Å². The summed E-state index contributed by atoms with van der Waals surface area (Å²) in [5.41, 5.74) is 2.04. The fourth-order valence-electron chi connectivity index (χ4n) is 3.93. The van der Waals surface area contributed by atoms with E-state index in [1.54, 1.807) is 23.6 Å². The van der Waals surface area contributed by atoms with Gasteiger partial charge in [0.15, 0.2) is 5.69 Å². The van der Waals surface area contributed by atoms with Crippen LogP contribution >= 0.6 is 0 Å². The average Bonchev–Trinajstić information content (AvgIpc) is 3.22. The number of aromatic nitrogens is 3. The number of methoxy groups -OCH3 is 1. The van der Waals surface area contributed by atoms with Gasteiger partial charge in [-0.2, -0.15) is 0 Å². The molecule has 0 unspecified atom stereocenters. The van der Waals surface area contributed by atoms with E-state index in [0.29, 0.717) is 50.5 Å². The molecule has 4 rings (SSSR count). The second-order valence-corrected chi connectivity index (χ2v) is 7.46. The Morgan fingerprint density at radius 1 is 1.20 bits per heavy atom. The number of hydrogen-bond donors (Lipinski definition) is 0. The third-order valence-corrected chi connectivity index (χ3v) is 5.69. The van der Waals surface area contributed by atoms with Gasteiger partial charge in [0.2, 0.25) is 0 Å². The Morgan fingerprint density at radius 3 is 2.60 bits per heavy atom. The van der Waals surface area contributed by atoms with E-state index in [1.807, 2.05) is 24.3 Å². The smallest absolute Gasteiger partial charge is 0.309 e. The molecule has 1 atom stereocenters. The largest absolute Gasteiger partial charge is 0.497 e. The maximum atomic E-state index is 13.0. The lowest BCUT2D eigenvalue weighted by Gasteiger charge is -2.31. The summed E-state index contributed by atoms with van der Waals surface area (Å²) in [6, 6.07) is 7.71. The summed E-state index contributed by atoms with van der Waals surface area (Å²) < 4.78 is 18.0. The number of hydrogen-bond acceptors (Lipinski definition) is 7. The van der Waals surface area contributed by atoms with Crippen molar-refractivity contribution in [3.05, 3.63) is 41.2 Å². The van der Waals surface area contributed by atoms with Gasteiger partial charge < -0.3 is 19.1 Å². The molecule has 9 heteroatoms. The van der Waals surface area contributed by atoms with Gasteiger partial charge in [-0.25, -0.2) is 4.68 Å². The molecule has 0 saturated carbocycles. The Balaban J connectivity index is 1.40. The summed E-state index contributed by atoms with van der Waals surface area (Å²) in [4.78, 5) is 26.6. The van der Waals surface area contributed by atoms with E-state index in [0.717, 1.165) is 11.3 Å². The van der Waals surface area contributed by atoms with Gasteiger partial charge in [0.1, 0.15) is 11.9 Å². The van der Waals surface area contributed by atoms with Crippen molar-refractivity contribution in [1.82, 2.24) is 19.9 Å². The number of carbonyl (C=O) groups excluding carboxylic acids is 2. The number of carbonyl (C=O) groups is 2. The number of benzene rings is 1. The molecule has 0 radical (unpaired) electrons. The Kier molecular flexibility index (Phi) is 5.98. The molecular formula is C21H26N4O5. The van der Waals surface area contributed by atoms with Gasteiger partial charge in [-0.1, -0.05) is 17.3 Å². The Morgan fingerprint density at radius 2 is 1.93 bits per heavy atom. The van der Waals surface area contributed by atoms with Crippen LogP contribution in [0.3, 0.4) is 0 Å². The molecule has 1 fully saturated rings. The highest BCUT2D eigenvalue weighted by Gasteiger charge is 2.33. The van der Waals surface area contributed by atoms with Gasteiger partial charge in [-0.05, 0) is 37.5 Å². The van der Waals surface area contributed by atoms with E-state index in [-0.39, 0.29) is 30.5 Å². The second-order valence-electron chi connectivity index (χ2n) is 7.46. The normalized spacial score (nSPS) is 19.3. The topological polar surface area (TPSA) is 95.8 Å². The minimum Gasteiger partial charge on any atom is -0.497 e. The van der Waals surface area contributed by atoms with Crippen molar-refractivity contribution in [2.24, 2.45) is 5.92 Å². The molecule has 2 aromatic rings. The zero-order chi connectivity index (χ0) is 21.1. The molecule has 2 aliphatic heterocycles. The quantitative estimate of drug-likeness (QED) is 0.690. The third-order valence-electron chi connectivity index (χ3n) is 5.69. The lowest BCUT2D eigenvalue weighted by molar-refractivity contribution is -0.149. The van der Waals surface area contributed by atoms with E-state index < -0.39 is 0 Å². The highest BCUT2D eigenvalue weighted by molar-refractivity contribution is 5.93. The molecule has 0 aliphatic carbocycles. The summed E-state index contributed by atoms with van der Waals surface area (Å²) >= 11 is 0. The number of piperidine rings is 1. The van der Waals surface area contributed by atoms with Crippen molar-refractivity contribution in [2.75, 3.05) is 26.8 Å². The number of ether oxygens (including phenoxy) is 3. The van der Waals surface area contributed by atoms with Crippen molar-refractivity contribution in [3.8, 4) is 5.75 Å². The number of esters is 1. The highest BCUT2D eigenvalue weighted by atomic mass is 16.5. The first-order valence-electron chi connectivity index (χ1n) is 10.2. The SMILES string of the molecule is CCOC(=O)C1CCN(C(=O)c2nnn3c2CO[C@H](c2ccc(OC)cc2)C3)CC1. The van der Waals surface area contributed by atoms with E-state index >= 15 is 0 Å². The highest BCUT2D eigenvalue weighted by Crippen LogP contribution is 2.29. The van der Waals surface area contributed by atoms with Crippen LogP contribution in [0.1, 0.15) is 47.6 Å². The maximum absolute atomic E-state index is 13.0. The first kappa shape index (κ1) is 20.3. The second kappa shape index (κ2) is 8.83. The summed E-state index contributed by atoms with van der Waals surface area (Å²) in [5, 5.41) is 8.33. The van der Waals surface area contributed by atoms with Crippen LogP contribution < -0.4 is 4.74 Å². The fourth-order valence-corrected chi connectivity index (χ4v) is 3.93. The van der Waals surface area contributed by atoms with E-state index in [2.05, 4.69) is 10.3 Å². The summed E-state index contributed by atoms with van der Waals surface area (Å²) in [6.07, 6.45) is 1.04. The summed E-state index contributed by atoms with van der Waals surface area (Å²) in [5.74, 6) is 0.306. The van der Waals surface area contributed by atoms with Crippen molar-refractivity contribution < 1.29 is 23.8 Å². The standard InChI is InChI=1S/C21H26N4O5/c1-3-29-21(27)15-8-10-24(11-9-15)20(26)19-17-13-30-18(12-25(17)23-22-19)14-4-6-16(28-2)7-5-14/h4-7,15,18H,3,8-13H2,1-2H3/t18-/m0/s1. The Bertz CT molecular complexity index is 903. The van der Waals surface area contributed by atoms with Crippen LogP contribution in [0.5, 0.6) is 5.75 Å². The molecule has 1 aromatic carbocycles. The van der Waals surface area contributed by atoms with Crippen LogP contribution in [-0.4, -0.2) is 58.6 Å². The van der Waals surface area contributed by atoms with Crippen molar-refractivity contribution in [2.45, 2.75) is 39.0 Å². The van der Waals surface area contributed by atoms with Crippen LogP contribution in [0.2, 0.25) is 0 Å². The monoisotopic (exact) mass is 414 g/mol. The fraction of sp³-hybridized carbons (Fsp3) is 0.524. The average molecular weight is 414 g/mol. The number of amides is 1. The van der Waals surface area contributed by atoms with Crippen LogP contribution in [0.25, 0.3) is 0 Å². The number of nitrogens with zero attached hydrogens (tertiary/aromatic N) is 4. The molecule has 1 saturated heterocycles. The van der Waals surface area contributed by atoms with Crippen molar-refractivity contribution in [3.63, 3.8) is 0 Å². The van der Waals surface area contributed by atoms with Gasteiger partial charge in [0.25, 0.3) is 5.91 Å². The van der Waals surface area contributed by atoms with E-state index in [4.69, 9.17) is 14.2 Å². The van der Waals surface area contributed by atoms with E-state index in [1.165, 1.54) is 0 Å². The molecule has 0 bridgehead atoms. The Labute approximate surface area is 174 Å². The molecule has 2 aliphatic rings. The van der Waals surface area contributed by atoms with Crippen molar-refractivity contribution in [1.29, 1.82) is 0 Å². The van der Waals surface area contributed by atoms with Crippen LogP contribution in [0, 0.1) is 5.92 Å². The molecule has 1 aromatic heterocycles. The summed E-state index contributed by atoms with van der Waals surface area (Å²) in [6.45, 7) is 3.94. The molecular weight excluding hydrogens is 388 g/mol. The maximum Gasteiger partial charge on any atom is 0.309 e. The molecule has 1 amide bonds. The number of fused-ring (bicyclic) bond motifs is 1. The third kappa shape index (κ3) is 4.02. The first-order chi connectivity index (χ1) is 14.6. The zero-order valence-electron chi connectivity index (χ0n) is 17.2. The van der Waals surface area contributed by atoms with Gasteiger partial charge in [0.05, 0.1) is 38.5 Å². The van der Waals surface area contributed by atoms with Crippen molar-refractivity contribution >= 4 is 11.9 Å². The molecule has 0 N–H and O–H groups in total. The number of rotatable bonds is 5. The molecule has 160 valence electrons. The molecule has 30 heavy (non-hydrogen) atoms. The van der Waals surface area contributed by atoms with Gasteiger partial charge >= 0.3 is 5.97 Å². The first-order valence-corrected chi connectivity index (χ1v) is 10.2. The zero-order valence-corrected chi connectivity index (χ0v) is 17.2. The minimum atomic E-state index is -0.177. The predicted octanol–water partition coefficient (Wildman–Crippen LogP) is 1.97.